The molecule has 1 aromatic carbocycles. The Morgan fingerprint density at radius 2 is 1.82 bits per heavy atom. The van der Waals surface area contributed by atoms with Crippen LogP contribution in [0.1, 0.15) is 6.92 Å². The number of rotatable bonds is 2. The summed E-state index contributed by atoms with van der Waals surface area (Å²) in [4.78, 5) is 0.961. The van der Waals surface area contributed by atoms with E-state index in [-0.39, 0.29) is 0 Å². The summed E-state index contributed by atoms with van der Waals surface area (Å²) < 4.78 is 11.8. The molecule has 2 heteroatoms. The minimum atomic E-state index is -1.75. The van der Waals surface area contributed by atoms with Crippen LogP contribution in [0.5, 0.6) is 0 Å². The van der Waals surface area contributed by atoms with E-state index in [9.17, 15) is 4.21 Å². The fraction of sp³-hybridized carbons (Fsp3) is 0.333. The molecule has 11 heavy (non-hydrogen) atoms. The van der Waals surface area contributed by atoms with Crippen LogP contribution in [0.15, 0.2) is 35.2 Å². The molecule has 0 heterocycles. The SMILES string of the molecule is CC[S+](C)(=O)c1ccccc1. The van der Waals surface area contributed by atoms with Gasteiger partial charge in [0, 0.05) is 0 Å². The van der Waals surface area contributed by atoms with Gasteiger partial charge in [0.05, 0.1) is 0 Å². The highest BCUT2D eigenvalue weighted by Crippen LogP contribution is 2.15. The molecule has 0 spiro atoms. The minimum absolute atomic E-state index is 0.719. The predicted octanol–water partition coefficient (Wildman–Crippen LogP) is 2.19. The van der Waals surface area contributed by atoms with Gasteiger partial charge in [-0.15, -0.1) is 0 Å². The van der Waals surface area contributed by atoms with Crippen molar-refractivity contribution >= 4 is 9.93 Å². The second kappa shape index (κ2) is 3.18. The van der Waals surface area contributed by atoms with Crippen molar-refractivity contribution in [2.24, 2.45) is 0 Å². The normalized spacial score (nSPS) is 15.8. The topological polar surface area (TPSA) is 17.1 Å². The molecule has 1 atom stereocenters. The summed E-state index contributed by atoms with van der Waals surface area (Å²) in [5.41, 5.74) is 0. The average Bonchev–Trinajstić information content (AvgIpc) is 2.06. The third-order valence-corrected chi connectivity index (χ3v) is 4.16. The van der Waals surface area contributed by atoms with E-state index in [0.29, 0.717) is 0 Å². The summed E-state index contributed by atoms with van der Waals surface area (Å²) in [5.74, 6) is 0.719. The first kappa shape index (κ1) is 8.47. The maximum Gasteiger partial charge on any atom is 0.157 e. The van der Waals surface area contributed by atoms with E-state index in [1.54, 1.807) is 0 Å². The highest BCUT2D eigenvalue weighted by molar-refractivity contribution is 8.02. The van der Waals surface area contributed by atoms with Crippen LogP contribution < -0.4 is 0 Å². The average molecular weight is 169 g/mol. The standard InChI is InChI=1S/C9H13OS/c1-3-11(2,10)9-7-5-4-6-8-9/h4-8H,3H2,1-2H3/q+1. The third kappa shape index (κ3) is 1.90. The van der Waals surface area contributed by atoms with Crippen LogP contribution in [0.3, 0.4) is 0 Å². The Balaban J connectivity index is 3.03. The zero-order valence-electron chi connectivity index (χ0n) is 6.91. The highest BCUT2D eigenvalue weighted by atomic mass is 32.2. The van der Waals surface area contributed by atoms with Gasteiger partial charge in [0.1, 0.15) is 21.9 Å². The summed E-state index contributed by atoms with van der Waals surface area (Å²) in [6, 6.07) is 9.63. The Hall–Kier alpha value is -0.630. The van der Waals surface area contributed by atoms with Gasteiger partial charge >= 0.3 is 0 Å². The second-order valence-corrected chi connectivity index (χ2v) is 5.67. The Bertz CT molecular complexity index is 266. The summed E-state index contributed by atoms with van der Waals surface area (Å²) in [6.07, 6.45) is 1.81. The van der Waals surface area contributed by atoms with Crippen LogP contribution in [-0.4, -0.2) is 12.0 Å². The lowest BCUT2D eigenvalue weighted by molar-refractivity contribution is 0.588. The molecule has 60 valence electrons. The summed E-state index contributed by atoms with van der Waals surface area (Å²) in [6.45, 7) is 1.95. The van der Waals surface area contributed by atoms with Crippen molar-refractivity contribution < 1.29 is 4.21 Å². The molecule has 0 bridgehead atoms. The molecule has 0 saturated carbocycles. The molecule has 0 saturated heterocycles. The summed E-state index contributed by atoms with van der Waals surface area (Å²) >= 11 is 0. The van der Waals surface area contributed by atoms with E-state index in [0.717, 1.165) is 10.6 Å². The van der Waals surface area contributed by atoms with E-state index >= 15 is 0 Å². The summed E-state index contributed by atoms with van der Waals surface area (Å²) in [7, 11) is -1.75. The van der Waals surface area contributed by atoms with Gasteiger partial charge in [-0.05, 0) is 19.1 Å². The van der Waals surface area contributed by atoms with Gasteiger partial charge in [0.2, 0.25) is 0 Å². The first-order valence-electron chi connectivity index (χ1n) is 3.69. The predicted molar refractivity (Wildman–Crippen MR) is 49.2 cm³/mol. The molecular formula is C9H13OS+. The molecule has 1 nitrogen and oxygen atoms in total. The van der Waals surface area contributed by atoms with Crippen molar-refractivity contribution in [3.05, 3.63) is 30.3 Å². The van der Waals surface area contributed by atoms with Gasteiger partial charge in [-0.1, -0.05) is 22.4 Å². The summed E-state index contributed by atoms with van der Waals surface area (Å²) in [5, 5.41) is 0. The molecule has 1 aromatic rings. The molecule has 0 aliphatic rings. The van der Waals surface area contributed by atoms with Gasteiger partial charge in [-0.2, -0.15) is 0 Å². The van der Waals surface area contributed by atoms with Gasteiger partial charge in [0.25, 0.3) is 0 Å². The van der Waals surface area contributed by atoms with Crippen LogP contribution in [0.2, 0.25) is 0 Å². The van der Waals surface area contributed by atoms with Crippen molar-refractivity contribution in [3.8, 4) is 0 Å². The lowest BCUT2D eigenvalue weighted by Gasteiger charge is -2.01. The van der Waals surface area contributed by atoms with Crippen LogP contribution in [-0.2, 0) is 14.1 Å². The van der Waals surface area contributed by atoms with Gasteiger partial charge in [-0.25, -0.2) is 0 Å². The van der Waals surface area contributed by atoms with Crippen molar-refractivity contribution in [1.29, 1.82) is 0 Å². The van der Waals surface area contributed by atoms with Gasteiger partial charge in [0.15, 0.2) is 4.90 Å². The van der Waals surface area contributed by atoms with E-state index < -0.39 is 9.93 Å². The van der Waals surface area contributed by atoms with E-state index in [1.165, 1.54) is 0 Å². The smallest absolute Gasteiger partial charge is 0.1000 e. The van der Waals surface area contributed by atoms with Crippen LogP contribution in [0, 0.1) is 0 Å². The van der Waals surface area contributed by atoms with E-state index in [1.807, 2.05) is 43.5 Å². The largest absolute Gasteiger partial charge is 0.157 e. The van der Waals surface area contributed by atoms with Crippen molar-refractivity contribution in [1.82, 2.24) is 0 Å². The van der Waals surface area contributed by atoms with E-state index in [4.69, 9.17) is 0 Å². The van der Waals surface area contributed by atoms with Gasteiger partial charge in [-0.3, -0.25) is 0 Å². The fourth-order valence-electron chi connectivity index (χ4n) is 0.875. The molecule has 0 aliphatic carbocycles. The zero-order valence-corrected chi connectivity index (χ0v) is 7.73. The van der Waals surface area contributed by atoms with Crippen LogP contribution in [0.4, 0.5) is 0 Å². The van der Waals surface area contributed by atoms with E-state index in [2.05, 4.69) is 0 Å². The molecule has 0 N–H and O–H groups in total. The fourth-order valence-corrected chi connectivity index (χ4v) is 1.94. The second-order valence-electron chi connectivity index (χ2n) is 2.61. The van der Waals surface area contributed by atoms with Crippen LogP contribution in [0.25, 0.3) is 0 Å². The Morgan fingerprint density at radius 3 is 2.27 bits per heavy atom. The quantitative estimate of drug-likeness (QED) is 0.620. The van der Waals surface area contributed by atoms with Crippen molar-refractivity contribution in [2.75, 3.05) is 12.0 Å². The number of hydrogen-bond acceptors (Lipinski definition) is 1. The number of benzene rings is 1. The molecular weight excluding hydrogens is 156 g/mol. The first-order valence-corrected chi connectivity index (χ1v) is 5.82. The molecule has 0 aliphatic heterocycles. The molecule has 0 amide bonds. The Morgan fingerprint density at radius 1 is 1.27 bits per heavy atom. The number of hydrogen-bond donors (Lipinski definition) is 0. The van der Waals surface area contributed by atoms with Gasteiger partial charge < -0.3 is 0 Å². The van der Waals surface area contributed by atoms with Crippen LogP contribution >= 0.6 is 0 Å². The maximum absolute atomic E-state index is 11.8. The van der Waals surface area contributed by atoms with Crippen molar-refractivity contribution in [2.45, 2.75) is 11.8 Å². The Kier molecular flexibility index (Phi) is 2.45. The minimum Gasteiger partial charge on any atom is -0.1000 e. The monoisotopic (exact) mass is 169 g/mol. The maximum atomic E-state index is 11.8. The van der Waals surface area contributed by atoms with Crippen molar-refractivity contribution in [3.63, 3.8) is 0 Å². The zero-order chi connectivity index (χ0) is 8.32. The molecule has 0 radical (unpaired) electrons. The molecule has 1 unspecified atom stereocenters. The third-order valence-electron chi connectivity index (χ3n) is 1.79. The molecule has 1 rings (SSSR count). The lowest BCUT2D eigenvalue weighted by Crippen LogP contribution is -2.10. The molecule has 0 fully saturated rings. The highest BCUT2D eigenvalue weighted by Gasteiger charge is 2.20. The Labute approximate surface area is 68.9 Å². The lowest BCUT2D eigenvalue weighted by atomic mass is 10.4. The first-order chi connectivity index (χ1) is 5.17. The molecule has 0 aromatic heterocycles.